The molecule has 2 heterocycles. The Hall–Kier alpha value is -4.00. The summed E-state index contributed by atoms with van der Waals surface area (Å²) in [6.07, 6.45) is -0.647. The number of halogens is 3. The van der Waals surface area contributed by atoms with E-state index in [-0.39, 0.29) is 0 Å². The third-order valence-electron chi connectivity index (χ3n) is 5.82. The zero-order chi connectivity index (χ0) is 23.2. The summed E-state index contributed by atoms with van der Waals surface area (Å²) in [7, 11) is 3.20. The van der Waals surface area contributed by atoms with E-state index in [1.54, 1.807) is 14.2 Å². The zero-order valence-corrected chi connectivity index (χ0v) is 17.9. The molecule has 0 saturated carbocycles. The molecule has 0 saturated heterocycles. The summed E-state index contributed by atoms with van der Waals surface area (Å²) in [5.74, 6) is 1.43. The Bertz CT molecular complexity index is 1410. The van der Waals surface area contributed by atoms with Crippen molar-refractivity contribution in [3.8, 4) is 11.5 Å². The van der Waals surface area contributed by atoms with E-state index in [9.17, 15) is 13.2 Å². The lowest BCUT2D eigenvalue weighted by Crippen LogP contribution is -2.58. The van der Waals surface area contributed by atoms with Crippen LogP contribution in [0.5, 0.6) is 11.5 Å². The molecule has 0 radical (unpaired) electrons. The van der Waals surface area contributed by atoms with Gasteiger partial charge in [0, 0.05) is 34.3 Å². The molecular formula is C26H20F3N2O2+. The Kier molecular flexibility index (Phi) is 4.96. The summed E-state index contributed by atoms with van der Waals surface area (Å²) in [6.45, 7) is 0. The topological polar surface area (TPSA) is 48.2 Å². The van der Waals surface area contributed by atoms with E-state index in [0.29, 0.717) is 17.1 Å². The molecule has 3 aromatic carbocycles. The first-order valence-electron chi connectivity index (χ1n) is 10.2. The molecule has 0 aliphatic carbocycles. The van der Waals surface area contributed by atoms with Crippen LogP contribution in [-0.4, -0.2) is 25.4 Å². The van der Waals surface area contributed by atoms with Crippen molar-refractivity contribution in [1.29, 1.82) is 0 Å². The molecular weight excluding hydrogens is 429 g/mol. The number of allylic oxidation sites excluding steroid dienone is 1. The van der Waals surface area contributed by atoms with Crippen molar-refractivity contribution in [2.45, 2.75) is 6.18 Å². The first kappa shape index (κ1) is 20.9. The molecule has 5 rings (SSSR count). The van der Waals surface area contributed by atoms with E-state index in [1.807, 2.05) is 48.8 Å². The number of fused-ring (bicyclic) bond motifs is 2. The number of benzene rings is 3. The van der Waals surface area contributed by atoms with Crippen molar-refractivity contribution >= 4 is 34.0 Å². The predicted molar refractivity (Wildman–Crippen MR) is 122 cm³/mol. The van der Waals surface area contributed by atoms with E-state index in [1.165, 1.54) is 12.1 Å². The van der Waals surface area contributed by atoms with E-state index >= 15 is 0 Å². The molecule has 0 atom stereocenters. The standard InChI is InChI=1S/C26H19F3N2O2/c1-32-17-7-9-19-21(13-30-23(19)11-17)25(15-3-5-16(6-4-15)26(27,28)29)22-14-31-24-12-18(33-2)8-10-20(22)24/h3-14,30H,1-2H3/p+1. The van der Waals surface area contributed by atoms with Gasteiger partial charge in [0.25, 0.3) is 0 Å². The number of nitrogens with one attached hydrogen (secondary N) is 2. The largest absolute Gasteiger partial charge is 0.497 e. The minimum absolute atomic E-state index is 0.677. The minimum Gasteiger partial charge on any atom is -0.497 e. The lowest BCUT2D eigenvalue weighted by atomic mass is 9.89. The molecule has 1 aromatic heterocycles. The average Bonchev–Trinajstić information content (AvgIpc) is 3.43. The summed E-state index contributed by atoms with van der Waals surface area (Å²) in [6, 6.07) is 16.7. The van der Waals surface area contributed by atoms with Crippen LogP contribution in [0.25, 0.3) is 22.0 Å². The second-order valence-corrected chi connectivity index (χ2v) is 7.68. The monoisotopic (exact) mass is 449 g/mol. The molecule has 0 bridgehead atoms. The zero-order valence-electron chi connectivity index (χ0n) is 17.9. The molecule has 2 N–H and O–H groups in total. The quantitative estimate of drug-likeness (QED) is 0.463. The average molecular weight is 449 g/mol. The van der Waals surface area contributed by atoms with Crippen molar-refractivity contribution in [3.05, 3.63) is 89.1 Å². The molecule has 4 aromatic rings. The summed E-state index contributed by atoms with van der Waals surface area (Å²) >= 11 is 0. The van der Waals surface area contributed by atoms with Crippen LogP contribution in [0.2, 0.25) is 0 Å². The predicted octanol–water partition coefficient (Wildman–Crippen LogP) is 4.96. The Morgan fingerprint density at radius 3 is 2.27 bits per heavy atom. The van der Waals surface area contributed by atoms with E-state index in [0.717, 1.165) is 51.0 Å². The first-order chi connectivity index (χ1) is 15.9. The maximum absolute atomic E-state index is 13.2. The van der Waals surface area contributed by atoms with E-state index in [2.05, 4.69) is 9.98 Å². The number of ether oxygens (including phenoxy) is 2. The third-order valence-corrected chi connectivity index (χ3v) is 5.82. The third kappa shape index (κ3) is 3.65. The van der Waals surface area contributed by atoms with E-state index < -0.39 is 11.7 Å². The van der Waals surface area contributed by atoms with Crippen LogP contribution < -0.4 is 14.5 Å². The Morgan fingerprint density at radius 2 is 1.58 bits per heavy atom. The summed E-state index contributed by atoms with van der Waals surface area (Å²) in [5.41, 5.74) is 5.25. The van der Waals surface area contributed by atoms with Crippen molar-refractivity contribution in [2.24, 2.45) is 0 Å². The van der Waals surface area contributed by atoms with Gasteiger partial charge in [0.15, 0.2) is 6.21 Å². The van der Waals surface area contributed by atoms with Crippen molar-refractivity contribution in [2.75, 3.05) is 14.2 Å². The van der Waals surface area contributed by atoms with Crippen LogP contribution in [-0.2, 0) is 6.18 Å². The van der Waals surface area contributed by atoms with Gasteiger partial charge in [-0.25, -0.2) is 4.99 Å². The SMILES string of the molecule is COc1ccc2c(c1)[NH+]=CC2=C(c1ccc(C(F)(F)F)cc1)c1c[nH]c2cc(OC)ccc12. The molecule has 1 aliphatic heterocycles. The highest BCUT2D eigenvalue weighted by Gasteiger charge is 2.31. The maximum atomic E-state index is 13.2. The second-order valence-electron chi connectivity index (χ2n) is 7.68. The molecule has 4 nitrogen and oxygen atoms in total. The van der Waals surface area contributed by atoms with Gasteiger partial charge in [-0.15, -0.1) is 0 Å². The molecule has 7 heteroatoms. The number of aromatic amines is 1. The highest BCUT2D eigenvalue weighted by molar-refractivity contribution is 6.24. The Morgan fingerprint density at radius 1 is 0.879 bits per heavy atom. The molecule has 1 aliphatic rings. The van der Waals surface area contributed by atoms with Gasteiger partial charge in [-0.05, 0) is 42.0 Å². The second kappa shape index (κ2) is 7.85. The van der Waals surface area contributed by atoms with Crippen LogP contribution in [0, 0.1) is 0 Å². The summed E-state index contributed by atoms with van der Waals surface area (Å²) in [4.78, 5) is 6.53. The smallest absolute Gasteiger partial charge is 0.416 e. The normalized spacial score (nSPS) is 14.5. The maximum Gasteiger partial charge on any atom is 0.416 e. The number of hydrogen-bond donors (Lipinski definition) is 2. The summed E-state index contributed by atoms with van der Waals surface area (Å²) in [5, 5.41) is 0.938. The highest BCUT2D eigenvalue weighted by Crippen LogP contribution is 2.40. The van der Waals surface area contributed by atoms with Gasteiger partial charge in [-0.2, -0.15) is 13.2 Å². The Balaban J connectivity index is 1.75. The first-order valence-corrected chi connectivity index (χ1v) is 10.2. The minimum atomic E-state index is -4.40. The van der Waals surface area contributed by atoms with Crippen molar-refractivity contribution in [1.82, 2.24) is 4.98 Å². The fourth-order valence-electron chi connectivity index (χ4n) is 4.16. The van der Waals surface area contributed by atoms with Gasteiger partial charge in [0.05, 0.1) is 37.0 Å². The van der Waals surface area contributed by atoms with Crippen molar-refractivity contribution < 1.29 is 27.6 Å². The number of rotatable bonds is 4. The fraction of sp³-hybridized carbons (Fsp3) is 0.115. The lowest BCUT2D eigenvalue weighted by molar-refractivity contribution is -0.342. The molecule has 0 amide bonds. The van der Waals surface area contributed by atoms with Gasteiger partial charge in [0.2, 0.25) is 5.69 Å². The molecule has 0 unspecified atom stereocenters. The molecule has 166 valence electrons. The Labute approximate surface area is 188 Å². The van der Waals surface area contributed by atoms with Crippen LogP contribution in [0.3, 0.4) is 0 Å². The number of H-pyrrole nitrogens is 1. The lowest BCUT2D eigenvalue weighted by Gasteiger charge is -2.13. The van der Waals surface area contributed by atoms with Gasteiger partial charge in [0.1, 0.15) is 11.5 Å². The fourth-order valence-corrected chi connectivity index (χ4v) is 4.16. The van der Waals surface area contributed by atoms with Gasteiger partial charge in [-0.3, -0.25) is 0 Å². The molecule has 0 spiro atoms. The van der Waals surface area contributed by atoms with Crippen LogP contribution in [0.1, 0.15) is 22.3 Å². The van der Waals surface area contributed by atoms with Crippen LogP contribution in [0.15, 0.2) is 66.9 Å². The molecule has 0 fully saturated rings. The summed E-state index contributed by atoms with van der Waals surface area (Å²) < 4.78 is 50.2. The number of alkyl halides is 3. The number of hydrogen-bond acceptors (Lipinski definition) is 2. The number of methoxy groups -OCH3 is 2. The molecule has 33 heavy (non-hydrogen) atoms. The highest BCUT2D eigenvalue weighted by atomic mass is 19.4. The van der Waals surface area contributed by atoms with Gasteiger partial charge in [-0.1, -0.05) is 12.1 Å². The van der Waals surface area contributed by atoms with Crippen LogP contribution in [0.4, 0.5) is 18.9 Å². The van der Waals surface area contributed by atoms with Crippen molar-refractivity contribution in [3.63, 3.8) is 0 Å². The number of aromatic nitrogens is 1. The van der Waals surface area contributed by atoms with Crippen LogP contribution >= 0.6 is 0 Å². The van der Waals surface area contributed by atoms with E-state index in [4.69, 9.17) is 9.47 Å². The van der Waals surface area contributed by atoms with Gasteiger partial charge >= 0.3 is 6.18 Å². The van der Waals surface area contributed by atoms with Gasteiger partial charge < -0.3 is 14.5 Å².